The molecule has 318 valence electrons. The monoisotopic (exact) mass is 876 g/mol. The zero-order valence-corrected chi connectivity index (χ0v) is 38.2. The van der Waals surface area contributed by atoms with Crippen LogP contribution in [0.15, 0.2) is 212 Å². The minimum Gasteiger partial charge on any atom is -0.309 e. The first-order valence-electron chi connectivity index (χ1n) is 23.0. The predicted molar refractivity (Wildman–Crippen MR) is 284 cm³/mol. The van der Waals surface area contributed by atoms with Crippen LogP contribution in [0.5, 0.6) is 0 Å². The Balaban J connectivity index is 1.18. The third-order valence-electron chi connectivity index (χ3n) is 13.5. The maximum Gasteiger partial charge on any atom is 0.160 e. The van der Waals surface area contributed by atoms with E-state index >= 15 is 0 Å². The Morgan fingerprint density at radius 2 is 0.940 bits per heavy atom. The molecule has 0 unspecified atom stereocenters. The number of nitrogens with zero attached hydrogens (tertiary/aromatic N) is 4. The number of thiophene rings is 1. The third kappa shape index (κ3) is 6.34. The number of benzene rings is 9. The highest BCUT2D eigenvalue weighted by Gasteiger charge is 2.26. The van der Waals surface area contributed by atoms with Crippen molar-refractivity contribution in [1.29, 1.82) is 0 Å². The molecule has 0 spiro atoms. The van der Waals surface area contributed by atoms with E-state index in [9.17, 15) is 0 Å². The molecule has 0 fully saturated rings. The van der Waals surface area contributed by atoms with Crippen molar-refractivity contribution >= 4 is 75.3 Å². The molecule has 0 radical (unpaired) electrons. The quantitative estimate of drug-likeness (QED) is 0.167. The van der Waals surface area contributed by atoms with Gasteiger partial charge >= 0.3 is 0 Å². The normalized spacial score (nSPS) is 12.1. The van der Waals surface area contributed by atoms with Crippen molar-refractivity contribution < 1.29 is 0 Å². The van der Waals surface area contributed by atoms with Gasteiger partial charge in [-0.1, -0.05) is 178 Å². The summed E-state index contributed by atoms with van der Waals surface area (Å²) in [5.74, 6) is 0.716. The predicted octanol–water partition coefficient (Wildman–Crippen LogP) is 17.0. The molecule has 0 amide bonds. The summed E-state index contributed by atoms with van der Waals surface area (Å²) in [6.07, 6.45) is 0. The SMILES string of the molecule is CC(C)(C)c1ccc2c(c1)c1ccc(-n3c4ccccc4c4ccccc43)cc1n2-c1c(-c2ccccc2)cc(-c2nc(-c3ccccc3)nc3c2sc2ccccc23)cc1-c1ccccc1. The molecule has 9 aromatic carbocycles. The fraction of sp³-hybridized carbons (Fsp3) is 0.0645. The Morgan fingerprint density at radius 3 is 1.57 bits per heavy atom. The van der Waals surface area contributed by atoms with Crippen LogP contribution in [0.3, 0.4) is 0 Å². The Bertz CT molecular complexity index is 3950. The second kappa shape index (κ2) is 15.2. The minimum atomic E-state index is -0.0361. The second-order valence-corrected chi connectivity index (χ2v) is 19.6. The molecule has 5 heteroatoms. The van der Waals surface area contributed by atoms with Crippen molar-refractivity contribution in [3.05, 3.63) is 218 Å². The Kier molecular flexibility index (Phi) is 8.93. The maximum atomic E-state index is 5.51. The van der Waals surface area contributed by atoms with E-state index in [1.54, 1.807) is 11.3 Å². The van der Waals surface area contributed by atoms with Gasteiger partial charge in [-0.25, -0.2) is 9.97 Å². The Labute approximate surface area is 392 Å². The summed E-state index contributed by atoms with van der Waals surface area (Å²) in [5.41, 5.74) is 16.6. The molecule has 4 aromatic heterocycles. The van der Waals surface area contributed by atoms with E-state index in [0.717, 1.165) is 77.1 Å². The molecule has 0 saturated heterocycles. The first-order valence-corrected chi connectivity index (χ1v) is 23.8. The van der Waals surface area contributed by atoms with Gasteiger partial charge < -0.3 is 9.13 Å². The lowest BCUT2D eigenvalue weighted by Crippen LogP contribution is -2.10. The molecule has 0 aliphatic carbocycles. The number of aromatic nitrogens is 4. The Hall–Kier alpha value is -8.12. The highest BCUT2D eigenvalue weighted by Crippen LogP contribution is 2.47. The molecule has 67 heavy (non-hydrogen) atoms. The van der Waals surface area contributed by atoms with E-state index in [0.29, 0.717) is 5.82 Å². The number of rotatable bonds is 6. The average Bonchev–Trinajstić information content (AvgIpc) is 4.03. The van der Waals surface area contributed by atoms with Crippen molar-refractivity contribution in [1.82, 2.24) is 19.1 Å². The van der Waals surface area contributed by atoms with E-state index in [2.05, 4.69) is 236 Å². The molecular formula is C62H44N4S. The van der Waals surface area contributed by atoms with Crippen LogP contribution in [0.1, 0.15) is 26.3 Å². The first kappa shape index (κ1) is 39.3. The molecule has 4 nitrogen and oxygen atoms in total. The molecule has 0 aliphatic rings. The summed E-state index contributed by atoms with van der Waals surface area (Å²) in [5, 5.41) is 6.08. The fourth-order valence-electron chi connectivity index (χ4n) is 10.2. The summed E-state index contributed by atoms with van der Waals surface area (Å²) in [6.45, 7) is 6.91. The third-order valence-corrected chi connectivity index (χ3v) is 14.6. The van der Waals surface area contributed by atoms with Gasteiger partial charge in [-0.05, 0) is 76.7 Å². The standard InChI is InChI=1S/C62H44N4S/c1-62(2,3)43-31-34-54-51(37-43)47-33-32-44(65-52-28-16-13-25-45(52)46-26-14-17-29-53(46)65)38-55(47)66(54)59-49(39-19-7-4-8-20-39)35-42(36-50(59)40-21-9-5-10-22-40)57-60-58(48-27-15-18-30-56(48)67-60)64-61(63-57)41-23-11-6-12-24-41/h4-38H,1-3H3. The minimum absolute atomic E-state index is 0.0361. The molecule has 0 N–H and O–H groups in total. The van der Waals surface area contributed by atoms with Crippen molar-refractivity contribution in [3.63, 3.8) is 0 Å². The van der Waals surface area contributed by atoms with Crippen LogP contribution in [-0.4, -0.2) is 19.1 Å². The molecule has 0 aliphatic heterocycles. The summed E-state index contributed by atoms with van der Waals surface area (Å²) in [6, 6.07) is 77.3. The van der Waals surface area contributed by atoms with Crippen LogP contribution in [-0.2, 0) is 5.41 Å². The van der Waals surface area contributed by atoms with Gasteiger partial charge in [-0.15, -0.1) is 11.3 Å². The molecule has 13 aromatic rings. The van der Waals surface area contributed by atoms with Gasteiger partial charge in [0, 0.05) is 59.6 Å². The van der Waals surface area contributed by atoms with Crippen LogP contribution in [0.4, 0.5) is 0 Å². The summed E-state index contributed by atoms with van der Waals surface area (Å²) < 4.78 is 7.25. The first-order chi connectivity index (χ1) is 32.9. The molecule has 4 heterocycles. The lowest BCUT2D eigenvalue weighted by molar-refractivity contribution is 0.591. The number of para-hydroxylation sites is 2. The lowest BCUT2D eigenvalue weighted by Gasteiger charge is -2.22. The van der Waals surface area contributed by atoms with E-state index in [1.807, 2.05) is 6.07 Å². The van der Waals surface area contributed by atoms with Gasteiger partial charge in [-0.3, -0.25) is 0 Å². The van der Waals surface area contributed by atoms with Crippen molar-refractivity contribution in [2.45, 2.75) is 26.2 Å². The second-order valence-electron chi connectivity index (χ2n) is 18.6. The van der Waals surface area contributed by atoms with Gasteiger partial charge in [0.05, 0.1) is 43.7 Å². The van der Waals surface area contributed by atoms with Crippen LogP contribution in [0.2, 0.25) is 0 Å². The summed E-state index contributed by atoms with van der Waals surface area (Å²) in [7, 11) is 0. The summed E-state index contributed by atoms with van der Waals surface area (Å²) in [4.78, 5) is 10.8. The van der Waals surface area contributed by atoms with Crippen molar-refractivity contribution in [3.8, 4) is 56.3 Å². The highest BCUT2D eigenvalue weighted by molar-refractivity contribution is 7.26. The largest absolute Gasteiger partial charge is 0.309 e. The van der Waals surface area contributed by atoms with Crippen LogP contribution >= 0.6 is 11.3 Å². The van der Waals surface area contributed by atoms with Crippen LogP contribution in [0.25, 0.3) is 120 Å². The van der Waals surface area contributed by atoms with Gasteiger partial charge in [0.2, 0.25) is 0 Å². The topological polar surface area (TPSA) is 35.6 Å². The van der Waals surface area contributed by atoms with Gasteiger partial charge in [0.1, 0.15) is 0 Å². The number of fused-ring (bicyclic) bond motifs is 9. The van der Waals surface area contributed by atoms with E-state index in [4.69, 9.17) is 9.97 Å². The zero-order valence-electron chi connectivity index (χ0n) is 37.4. The molecule has 0 bridgehead atoms. The fourth-order valence-corrected chi connectivity index (χ4v) is 11.4. The molecular weight excluding hydrogens is 833 g/mol. The maximum absolute atomic E-state index is 5.51. The van der Waals surface area contributed by atoms with Gasteiger partial charge in [0.15, 0.2) is 5.82 Å². The zero-order chi connectivity index (χ0) is 44.8. The highest BCUT2D eigenvalue weighted by atomic mass is 32.1. The van der Waals surface area contributed by atoms with Crippen LogP contribution in [0, 0.1) is 0 Å². The van der Waals surface area contributed by atoms with E-state index < -0.39 is 0 Å². The van der Waals surface area contributed by atoms with Gasteiger partial charge in [0.25, 0.3) is 0 Å². The summed E-state index contributed by atoms with van der Waals surface area (Å²) >= 11 is 1.77. The van der Waals surface area contributed by atoms with E-state index in [1.165, 1.54) is 42.8 Å². The van der Waals surface area contributed by atoms with Gasteiger partial charge in [-0.2, -0.15) is 0 Å². The van der Waals surface area contributed by atoms with Crippen molar-refractivity contribution in [2.75, 3.05) is 0 Å². The molecule has 0 atom stereocenters. The van der Waals surface area contributed by atoms with Crippen molar-refractivity contribution in [2.24, 2.45) is 0 Å². The smallest absolute Gasteiger partial charge is 0.160 e. The van der Waals surface area contributed by atoms with Crippen LogP contribution < -0.4 is 0 Å². The number of hydrogen-bond donors (Lipinski definition) is 0. The average molecular weight is 877 g/mol. The lowest BCUT2D eigenvalue weighted by atomic mass is 9.86. The molecule has 0 saturated carbocycles. The number of hydrogen-bond acceptors (Lipinski definition) is 3. The Morgan fingerprint density at radius 1 is 0.403 bits per heavy atom. The van der Waals surface area contributed by atoms with E-state index in [-0.39, 0.29) is 5.41 Å². The molecule has 13 rings (SSSR count).